The normalized spacial score (nSPS) is 26.6. The van der Waals surface area contributed by atoms with E-state index in [1.807, 2.05) is 0 Å². The van der Waals surface area contributed by atoms with Crippen molar-refractivity contribution >= 4 is 11.8 Å². The third-order valence-corrected chi connectivity index (χ3v) is 4.62. The molecule has 0 bridgehead atoms. The topological polar surface area (TPSA) is 12.0 Å². The summed E-state index contributed by atoms with van der Waals surface area (Å²) < 4.78 is 0. The molecule has 1 saturated carbocycles. The molecule has 0 heterocycles. The Kier molecular flexibility index (Phi) is 8.40. The van der Waals surface area contributed by atoms with E-state index in [1.54, 1.807) is 0 Å². The molecule has 96 valence electrons. The van der Waals surface area contributed by atoms with Gasteiger partial charge in [-0.25, -0.2) is 0 Å². The van der Waals surface area contributed by atoms with Gasteiger partial charge in [-0.05, 0) is 49.7 Å². The summed E-state index contributed by atoms with van der Waals surface area (Å²) in [5, 5.41) is 3.65. The van der Waals surface area contributed by atoms with Gasteiger partial charge in [-0.15, -0.1) is 0 Å². The zero-order chi connectivity index (χ0) is 11.6. The molecule has 0 aromatic carbocycles. The Morgan fingerprint density at radius 3 is 2.75 bits per heavy atom. The molecule has 0 saturated heterocycles. The van der Waals surface area contributed by atoms with Gasteiger partial charge in [-0.2, -0.15) is 11.8 Å². The molecule has 0 aliphatic heterocycles. The van der Waals surface area contributed by atoms with Gasteiger partial charge in [0, 0.05) is 6.04 Å². The smallest absolute Gasteiger partial charge is 0.00695 e. The molecule has 0 spiro atoms. The van der Waals surface area contributed by atoms with Crippen LogP contribution in [0.1, 0.15) is 58.8 Å². The van der Waals surface area contributed by atoms with Crippen LogP contribution in [-0.2, 0) is 0 Å². The third-order valence-electron chi connectivity index (χ3n) is 3.63. The lowest BCUT2D eigenvalue weighted by Crippen LogP contribution is -2.29. The van der Waals surface area contributed by atoms with E-state index < -0.39 is 0 Å². The summed E-state index contributed by atoms with van der Waals surface area (Å²) >= 11 is 2.10. The van der Waals surface area contributed by atoms with Crippen LogP contribution in [0.3, 0.4) is 0 Å². The SMILES string of the molecule is CCNC1CCCCC(CCCSCC)C1. The first-order valence-corrected chi connectivity index (χ1v) is 8.33. The Bertz CT molecular complexity index is 161. The van der Waals surface area contributed by atoms with Crippen molar-refractivity contribution in [1.29, 1.82) is 0 Å². The first kappa shape index (κ1) is 14.4. The fourth-order valence-corrected chi connectivity index (χ4v) is 3.48. The van der Waals surface area contributed by atoms with Crippen molar-refractivity contribution in [1.82, 2.24) is 5.32 Å². The Hall–Kier alpha value is 0.310. The summed E-state index contributed by atoms with van der Waals surface area (Å²) in [4.78, 5) is 0. The second kappa shape index (κ2) is 9.35. The fraction of sp³-hybridized carbons (Fsp3) is 1.00. The summed E-state index contributed by atoms with van der Waals surface area (Å²) in [7, 11) is 0. The minimum Gasteiger partial charge on any atom is -0.314 e. The van der Waals surface area contributed by atoms with Crippen molar-refractivity contribution in [2.75, 3.05) is 18.1 Å². The standard InChI is InChI=1S/C14H29NS/c1-3-15-14-10-6-5-8-13(12-14)9-7-11-16-4-2/h13-15H,3-12H2,1-2H3. The highest BCUT2D eigenvalue weighted by Crippen LogP contribution is 2.27. The van der Waals surface area contributed by atoms with Crippen molar-refractivity contribution in [3.8, 4) is 0 Å². The van der Waals surface area contributed by atoms with Crippen LogP contribution in [-0.4, -0.2) is 24.1 Å². The summed E-state index contributed by atoms with van der Waals surface area (Å²) in [6.07, 6.45) is 10.1. The van der Waals surface area contributed by atoms with E-state index in [4.69, 9.17) is 0 Å². The van der Waals surface area contributed by atoms with Crippen molar-refractivity contribution in [3.63, 3.8) is 0 Å². The van der Waals surface area contributed by atoms with Crippen LogP contribution < -0.4 is 5.32 Å². The molecule has 1 aliphatic carbocycles. The van der Waals surface area contributed by atoms with Crippen LogP contribution in [0.25, 0.3) is 0 Å². The third kappa shape index (κ3) is 6.15. The fourth-order valence-electron chi connectivity index (χ4n) is 2.82. The van der Waals surface area contributed by atoms with Crippen LogP contribution in [0.4, 0.5) is 0 Å². The van der Waals surface area contributed by atoms with E-state index in [9.17, 15) is 0 Å². The number of rotatable bonds is 7. The Labute approximate surface area is 106 Å². The number of nitrogens with one attached hydrogen (secondary N) is 1. The molecule has 0 aromatic heterocycles. The molecule has 2 heteroatoms. The molecule has 1 fully saturated rings. The van der Waals surface area contributed by atoms with Gasteiger partial charge >= 0.3 is 0 Å². The molecule has 0 aromatic rings. The van der Waals surface area contributed by atoms with Gasteiger partial charge in [0.05, 0.1) is 0 Å². The molecule has 0 amide bonds. The quantitative estimate of drug-likeness (QED) is 0.534. The minimum atomic E-state index is 0.816. The molecule has 1 N–H and O–H groups in total. The zero-order valence-corrected chi connectivity index (χ0v) is 12.0. The van der Waals surface area contributed by atoms with Gasteiger partial charge in [0.15, 0.2) is 0 Å². The predicted octanol–water partition coefficient (Wildman–Crippen LogP) is 4.08. The van der Waals surface area contributed by atoms with E-state index in [0.717, 1.165) is 18.5 Å². The number of thioether (sulfide) groups is 1. The largest absolute Gasteiger partial charge is 0.314 e. The molecule has 1 aliphatic rings. The summed E-state index contributed by atoms with van der Waals surface area (Å²) in [5.41, 5.74) is 0. The monoisotopic (exact) mass is 243 g/mol. The van der Waals surface area contributed by atoms with Gasteiger partial charge in [0.2, 0.25) is 0 Å². The predicted molar refractivity (Wildman–Crippen MR) is 76.3 cm³/mol. The van der Waals surface area contributed by atoms with Crippen LogP contribution >= 0.6 is 11.8 Å². The van der Waals surface area contributed by atoms with Crippen molar-refractivity contribution < 1.29 is 0 Å². The number of hydrogen-bond acceptors (Lipinski definition) is 2. The molecular formula is C14H29NS. The summed E-state index contributed by atoms with van der Waals surface area (Å²) in [5.74, 6) is 3.66. The van der Waals surface area contributed by atoms with Crippen molar-refractivity contribution in [2.45, 2.75) is 64.8 Å². The van der Waals surface area contributed by atoms with E-state index in [0.29, 0.717) is 0 Å². The second-order valence-electron chi connectivity index (χ2n) is 4.98. The molecule has 2 atom stereocenters. The average molecular weight is 243 g/mol. The van der Waals surface area contributed by atoms with Gasteiger partial charge in [0.25, 0.3) is 0 Å². The minimum absolute atomic E-state index is 0.816. The highest BCUT2D eigenvalue weighted by atomic mass is 32.2. The van der Waals surface area contributed by atoms with Gasteiger partial charge in [-0.1, -0.05) is 33.1 Å². The molecule has 2 unspecified atom stereocenters. The van der Waals surface area contributed by atoms with Crippen LogP contribution in [0.5, 0.6) is 0 Å². The Balaban J connectivity index is 2.17. The number of hydrogen-bond donors (Lipinski definition) is 1. The van der Waals surface area contributed by atoms with Crippen LogP contribution in [0.15, 0.2) is 0 Å². The highest BCUT2D eigenvalue weighted by Gasteiger charge is 2.18. The lowest BCUT2D eigenvalue weighted by Gasteiger charge is -2.20. The van der Waals surface area contributed by atoms with Gasteiger partial charge < -0.3 is 5.32 Å². The van der Waals surface area contributed by atoms with E-state index in [2.05, 4.69) is 30.9 Å². The van der Waals surface area contributed by atoms with Crippen molar-refractivity contribution in [2.24, 2.45) is 5.92 Å². The molecule has 0 radical (unpaired) electrons. The van der Waals surface area contributed by atoms with Gasteiger partial charge in [-0.3, -0.25) is 0 Å². The maximum Gasteiger partial charge on any atom is 0.00695 e. The Morgan fingerprint density at radius 2 is 2.00 bits per heavy atom. The summed E-state index contributed by atoms with van der Waals surface area (Å²) in [6, 6.07) is 0.816. The van der Waals surface area contributed by atoms with Gasteiger partial charge in [0.1, 0.15) is 0 Å². The lowest BCUT2D eigenvalue weighted by molar-refractivity contribution is 0.370. The Morgan fingerprint density at radius 1 is 1.19 bits per heavy atom. The first-order chi connectivity index (χ1) is 7.86. The molecule has 1 rings (SSSR count). The van der Waals surface area contributed by atoms with Crippen molar-refractivity contribution in [3.05, 3.63) is 0 Å². The zero-order valence-electron chi connectivity index (χ0n) is 11.1. The summed E-state index contributed by atoms with van der Waals surface area (Å²) in [6.45, 7) is 5.64. The maximum atomic E-state index is 3.65. The average Bonchev–Trinajstić information content (AvgIpc) is 2.51. The molecule has 1 nitrogen and oxygen atoms in total. The van der Waals surface area contributed by atoms with Crippen LogP contribution in [0.2, 0.25) is 0 Å². The molecular weight excluding hydrogens is 214 g/mol. The van der Waals surface area contributed by atoms with Crippen LogP contribution in [0, 0.1) is 5.92 Å². The van der Waals surface area contributed by atoms with E-state index >= 15 is 0 Å². The van der Waals surface area contributed by atoms with E-state index in [-0.39, 0.29) is 0 Å². The lowest BCUT2D eigenvalue weighted by atomic mass is 9.93. The maximum absolute atomic E-state index is 3.65. The highest BCUT2D eigenvalue weighted by molar-refractivity contribution is 7.99. The molecule has 16 heavy (non-hydrogen) atoms. The second-order valence-corrected chi connectivity index (χ2v) is 6.37. The van der Waals surface area contributed by atoms with E-state index in [1.165, 1.54) is 56.5 Å². The first-order valence-electron chi connectivity index (χ1n) is 7.18.